The van der Waals surface area contributed by atoms with E-state index in [9.17, 15) is 4.79 Å². The molecule has 0 amide bonds. The molecule has 6 heteroatoms. The van der Waals surface area contributed by atoms with Crippen LogP contribution in [0.4, 0.5) is 5.95 Å². The Morgan fingerprint density at radius 1 is 1.53 bits per heavy atom. The number of rotatable bonds is 4. The minimum atomic E-state index is -0.866. The second-order valence-electron chi connectivity index (χ2n) is 3.98. The monoisotopic (exact) mass is 210 g/mol. The van der Waals surface area contributed by atoms with E-state index in [0.29, 0.717) is 11.9 Å². The molecule has 82 valence electrons. The highest BCUT2D eigenvalue weighted by Gasteiger charge is 2.30. The summed E-state index contributed by atoms with van der Waals surface area (Å²) in [5.74, 6) is 0.428. The second kappa shape index (κ2) is 3.52. The molecule has 1 N–H and O–H groups in total. The first kappa shape index (κ1) is 9.95. The fourth-order valence-corrected chi connectivity index (χ4v) is 1.58. The predicted octanol–water partition coefficient (Wildman–Crippen LogP) is 0.306. The van der Waals surface area contributed by atoms with E-state index in [2.05, 4.69) is 10.2 Å². The van der Waals surface area contributed by atoms with Crippen molar-refractivity contribution in [2.45, 2.75) is 25.3 Å². The molecule has 1 saturated carbocycles. The van der Waals surface area contributed by atoms with Gasteiger partial charge in [0.2, 0.25) is 5.95 Å². The van der Waals surface area contributed by atoms with Gasteiger partial charge in [-0.25, -0.2) is 0 Å². The van der Waals surface area contributed by atoms with E-state index >= 15 is 0 Å². The Labute approximate surface area is 87.5 Å². The Morgan fingerprint density at radius 2 is 2.20 bits per heavy atom. The number of anilines is 1. The maximum Gasteiger partial charge on any atom is 0.311 e. The Balaban J connectivity index is 2.33. The van der Waals surface area contributed by atoms with E-state index in [1.54, 1.807) is 0 Å². The van der Waals surface area contributed by atoms with Crippen LogP contribution in [0.3, 0.4) is 0 Å². The van der Waals surface area contributed by atoms with Crippen molar-refractivity contribution in [2.24, 2.45) is 0 Å². The van der Waals surface area contributed by atoms with Crippen LogP contribution in [-0.4, -0.2) is 39.9 Å². The minimum Gasteiger partial charge on any atom is -0.481 e. The summed E-state index contributed by atoms with van der Waals surface area (Å²) >= 11 is 0. The molecule has 0 unspecified atom stereocenters. The molecular formula is C9H14N4O2. The average Bonchev–Trinajstić information content (AvgIpc) is 2.87. The van der Waals surface area contributed by atoms with E-state index in [1.165, 1.54) is 0 Å². The largest absolute Gasteiger partial charge is 0.481 e. The first-order valence-electron chi connectivity index (χ1n) is 4.92. The summed E-state index contributed by atoms with van der Waals surface area (Å²) < 4.78 is 1.94. The van der Waals surface area contributed by atoms with Crippen molar-refractivity contribution >= 4 is 11.9 Å². The van der Waals surface area contributed by atoms with Crippen LogP contribution in [-0.2, 0) is 11.2 Å². The summed E-state index contributed by atoms with van der Waals surface area (Å²) in [7, 11) is 3.76. The molecule has 0 aliphatic heterocycles. The third kappa shape index (κ3) is 1.93. The van der Waals surface area contributed by atoms with Gasteiger partial charge in [-0.3, -0.25) is 9.36 Å². The van der Waals surface area contributed by atoms with Crippen LogP contribution in [0.5, 0.6) is 0 Å². The Bertz CT molecular complexity index is 381. The number of hydrogen-bond donors (Lipinski definition) is 1. The topological polar surface area (TPSA) is 71.2 Å². The zero-order valence-corrected chi connectivity index (χ0v) is 8.84. The lowest BCUT2D eigenvalue weighted by Gasteiger charge is -2.13. The van der Waals surface area contributed by atoms with Crippen molar-refractivity contribution in [3.8, 4) is 0 Å². The Hall–Kier alpha value is -1.59. The van der Waals surface area contributed by atoms with Crippen molar-refractivity contribution in [1.82, 2.24) is 14.8 Å². The lowest BCUT2D eigenvalue weighted by Crippen LogP contribution is -2.17. The quantitative estimate of drug-likeness (QED) is 0.774. The van der Waals surface area contributed by atoms with Gasteiger partial charge in [-0.2, -0.15) is 0 Å². The van der Waals surface area contributed by atoms with Crippen LogP contribution < -0.4 is 4.90 Å². The summed E-state index contributed by atoms with van der Waals surface area (Å²) in [6.45, 7) is 0. The molecule has 0 aromatic carbocycles. The molecule has 2 rings (SSSR count). The van der Waals surface area contributed by atoms with Crippen LogP contribution in [0, 0.1) is 0 Å². The maximum atomic E-state index is 10.6. The standard InChI is InChI=1S/C9H14N4O2/c1-12(2)9-11-10-7(5-8(14)15)13(9)6-3-4-6/h6H,3-5H2,1-2H3,(H,14,15). The Morgan fingerprint density at radius 3 is 2.67 bits per heavy atom. The zero-order valence-electron chi connectivity index (χ0n) is 8.84. The molecule has 6 nitrogen and oxygen atoms in total. The molecule has 1 heterocycles. The van der Waals surface area contributed by atoms with Gasteiger partial charge in [0.1, 0.15) is 12.2 Å². The highest BCUT2D eigenvalue weighted by molar-refractivity contribution is 5.69. The van der Waals surface area contributed by atoms with E-state index in [4.69, 9.17) is 5.11 Å². The molecular weight excluding hydrogens is 196 g/mol. The van der Waals surface area contributed by atoms with Gasteiger partial charge in [-0.05, 0) is 12.8 Å². The van der Waals surface area contributed by atoms with Crippen LogP contribution in [0.1, 0.15) is 24.7 Å². The number of carboxylic acid groups (broad SMARTS) is 1. The lowest BCUT2D eigenvalue weighted by atomic mass is 10.4. The average molecular weight is 210 g/mol. The number of carbonyl (C=O) groups is 1. The molecule has 1 aromatic rings. The molecule has 1 aliphatic rings. The third-order valence-electron chi connectivity index (χ3n) is 2.37. The van der Waals surface area contributed by atoms with E-state index in [1.807, 2.05) is 23.6 Å². The summed E-state index contributed by atoms with van der Waals surface area (Å²) in [5.41, 5.74) is 0. The Kier molecular flexibility index (Phi) is 2.34. The van der Waals surface area contributed by atoms with Gasteiger partial charge in [-0.1, -0.05) is 0 Å². The molecule has 0 radical (unpaired) electrons. The van der Waals surface area contributed by atoms with Crippen molar-refractivity contribution in [2.75, 3.05) is 19.0 Å². The predicted molar refractivity (Wildman–Crippen MR) is 54.0 cm³/mol. The molecule has 0 bridgehead atoms. The van der Waals surface area contributed by atoms with Crippen LogP contribution in [0.2, 0.25) is 0 Å². The normalized spacial score (nSPS) is 15.3. The second-order valence-corrected chi connectivity index (χ2v) is 3.98. The van der Waals surface area contributed by atoms with Gasteiger partial charge in [0.25, 0.3) is 0 Å². The number of aliphatic carboxylic acids is 1. The fourth-order valence-electron chi connectivity index (χ4n) is 1.58. The van der Waals surface area contributed by atoms with Crippen LogP contribution in [0.15, 0.2) is 0 Å². The number of carboxylic acids is 1. The number of aromatic nitrogens is 3. The smallest absolute Gasteiger partial charge is 0.311 e. The van der Waals surface area contributed by atoms with Crippen molar-refractivity contribution in [3.05, 3.63) is 5.82 Å². The van der Waals surface area contributed by atoms with Gasteiger partial charge in [0, 0.05) is 20.1 Å². The molecule has 0 saturated heterocycles. The highest BCUT2D eigenvalue weighted by atomic mass is 16.4. The maximum absolute atomic E-state index is 10.6. The van der Waals surface area contributed by atoms with Crippen LogP contribution >= 0.6 is 0 Å². The summed E-state index contributed by atoms with van der Waals surface area (Å²) in [5, 5.41) is 16.7. The first-order chi connectivity index (χ1) is 7.09. The van der Waals surface area contributed by atoms with E-state index in [-0.39, 0.29) is 6.42 Å². The first-order valence-corrected chi connectivity index (χ1v) is 4.92. The van der Waals surface area contributed by atoms with Crippen molar-refractivity contribution < 1.29 is 9.90 Å². The van der Waals surface area contributed by atoms with Crippen molar-refractivity contribution in [1.29, 1.82) is 0 Å². The lowest BCUT2D eigenvalue weighted by molar-refractivity contribution is -0.136. The minimum absolute atomic E-state index is 0.0582. The van der Waals surface area contributed by atoms with Crippen molar-refractivity contribution in [3.63, 3.8) is 0 Å². The summed E-state index contributed by atoms with van der Waals surface area (Å²) in [6, 6.07) is 0.395. The molecule has 1 aliphatic carbocycles. The van der Waals surface area contributed by atoms with Gasteiger partial charge in [0.05, 0.1) is 0 Å². The summed E-state index contributed by atoms with van der Waals surface area (Å²) in [4.78, 5) is 12.5. The molecule has 15 heavy (non-hydrogen) atoms. The van der Waals surface area contributed by atoms with Gasteiger partial charge in [0.15, 0.2) is 0 Å². The molecule has 1 aromatic heterocycles. The van der Waals surface area contributed by atoms with E-state index < -0.39 is 5.97 Å². The number of hydrogen-bond acceptors (Lipinski definition) is 4. The van der Waals surface area contributed by atoms with Crippen LogP contribution in [0.25, 0.3) is 0 Å². The summed E-state index contributed by atoms with van der Waals surface area (Å²) in [6.07, 6.45) is 2.12. The van der Waals surface area contributed by atoms with Gasteiger partial charge in [-0.15, -0.1) is 10.2 Å². The van der Waals surface area contributed by atoms with E-state index in [0.717, 1.165) is 18.8 Å². The fraction of sp³-hybridized carbons (Fsp3) is 0.667. The highest BCUT2D eigenvalue weighted by Crippen LogP contribution is 2.38. The number of nitrogens with zero attached hydrogens (tertiary/aromatic N) is 4. The molecule has 0 spiro atoms. The molecule has 0 atom stereocenters. The molecule has 1 fully saturated rings. The van der Waals surface area contributed by atoms with Gasteiger partial charge < -0.3 is 10.0 Å². The zero-order chi connectivity index (χ0) is 11.0. The third-order valence-corrected chi connectivity index (χ3v) is 2.37. The van der Waals surface area contributed by atoms with Gasteiger partial charge >= 0.3 is 5.97 Å². The SMILES string of the molecule is CN(C)c1nnc(CC(=O)O)n1C1CC1.